The fourth-order valence-corrected chi connectivity index (χ4v) is 1.20. The summed E-state index contributed by atoms with van der Waals surface area (Å²) in [6.45, 7) is 4.76. The molecule has 0 aliphatic rings. The van der Waals surface area contributed by atoms with Gasteiger partial charge >= 0.3 is 0 Å². The summed E-state index contributed by atoms with van der Waals surface area (Å²) in [4.78, 5) is 15.5. The predicted octanol–water partition coefficient (Wildman–Crippen LogP) is 2.13. The number of pyridine rings is 1. The Morgan fingerprint density at radius 1 is 1.47 bits per heavy atom. The Morgan fingerprint density at radius 2 is 2.27 bits per heavy atom. The van der Waals surface area contributed by atoms with Crippen LogP contribution in [0.2, 0.25) is 0 Å². The number of aromatic nitrogens is 1. The number of hydrogen-bond donors (Lipinski definition) is 1. The summed E-state index contributed by atoms with van der Waals surface area (Å²) in [5, 5.41) is 2.85. The Balaban J connectivity index is 2.23. The molecule has 1 amide bonds. The van der Waals surface area contributed by atoms with Crippen LogP contribution in [0.3, 0.4) is 0 Å². The second-order valence-corrected chi connectivity index (χ2v) is 4.03. The van der Waals surface area contributed by atoms with Gasteiger partial charge in [-0.1, -0.05) is 19.9 Å². The van der Waals surface area contributed by atoms with Crippen LogP contribution in [0.5, 0.6) is 0 Å². The van der Waals surface area contributed by atoms with E-state index >= 15 is 0 Å². The van der Waals surface area contributed by atoms with Crippen molar-refractivity contribution in [3.8, 4) is 0 Å². The normalized spacial score (nSPS) is 10.3. The highest BCUT2D eigenvalue weighted by Crippen LogP contribution is 2.03. The lowest BCUT2D eigenvalue weighted by atomic mass is 10.1. The lowest BCUT2D eigenvalue weighted by molar-refractivity contribution is -0.121. The molecule has 3 heteroatoms. The molecule has 3 nitrogen and oxygen atoms in total. The van der Waals surface area contributed by atoms with Gasteiger partial charge in [-0.2, -0.15) is 0 Å². The molecular formula is C12H18N2O. The van der Waals surface area contributed by atoms with E-state index in [-0.39, 0.29) is 5.91 Å². The maximum Gasteiger partial charge on any atom is 0.220 e. The van der Waals surface area contributed by atoms with Gasteiger partial charge in [-0.05, 0) is 24.5 Å². The van der Waals surface area contributed by atoms with Gasteiger partial charge in [0, 0.05) is 12.6 Å². The third-order valence-corrected chi connectivity index (χ3v) is 2.14. The smallest absolute Gasteiger partial charge is 0.220 e. The molecule has 1 aromatic heterocycles. The largest absolute Gasteiger partial charge is 0.350 e. The molecule has 0 spiro atoms. The van der Waals surface area contributed by atoms with Gasteiger partial charge in [0.1, 0.15) is 0 Å². The van der Waals surface area contributed by atoms with Crippen LogP contribution in [0.1, 0.15) is 32.4 Å². The molecule has 0 aliphatic carbocycles. The van der Waals surface area contributed by atoms with Gasteiger partial charge in [0.15, 0.2) is 0 Å². The second kappa shape index (κ2) is 6.17. The van der Waals surface area contributed by atoms with Crippen LogP contribution >= 0.6 is 0 Å². The summed E-state index contributed by atoms with van der Waals surface area (Å²) in [7, 11) is 0. The van der Waals surface area contributed by atoms with Crippen molar-refractivity contribution >= 4 is 5.91 Å². The summed E-state index contributed by atoms with van der Waals surface area (Å²) >= 11 is 0. The van der Waals surface area contributed by atoms with Crippen molar-refractivity contribution in [2.75, 3.05) is 0 Å². The maximum atomic E-state index is 11.4. The maximum absolute atomic E-state index is 11.4. The van der Waals surface area contributed by atoms with Gasteiger partial charge < -0.3 is 5.32 Å². The zero-order chi connectivity index (χ0) is 11.1. The van der Waals surface area contributed by atoms with Crippen LogP contribution in [0.15, 0.2) is 24.4 Å². The SMILES string of the molecule is CC(C)CCC(=O)NCc1ccccn1. The molecule has 0 fully saturated rings. The number of nitrogens with one attached hydrogen (secondary N) is 1. The number of hydrogen-bond acceptors (Lipinski definition) is 2. The van der Waals surface area contributed by atoms with Gasteiger partial charge in [0.25, 0.3) is 0 Å². The van der Waals surface area contributed by atoms with Crippen LogP contribution in [-0.4, -0.2) is 10.9 Å². The molecule has 0 atom stereocenters. The average Bonchev–Trinajstić information content (AvgIpc) is 2.25. The number of carbonyl (C=O) groups excluding carboxylic acids is 1. The first-order chi connectivity index (χ1) is 7.18. The molecule has 0 saturated carbocycles. The third-order valence-electron chi connectivity index (χ3n) is 2.14. The van der Waals surface area contributed by atoms with E-state index in [9.17, 15) is 4.79 Å². The van der Waals surface area contributed by atoms with Crippen molar-refractivity contribution in [3.63, 3.8) is 0 Å². The number of rotatable bonds is 5. The molecule has 1 aromatic rings. The van der Waals surface area contributed by atoms with Crippen LogP contribution in [0, 0.1) is 5.92 Å². The molecule has 15 heavy (non-hydrogen) atoms. The van der Waals surface area contributed by atoms with Crippen molar-refractivity contribution in [1.29, 1.82) is 0 Å². The van der Waals surface area contributed by atoms with Gasteiger partial charge in [-0.15, -0.1) is 0 Å². The standard InChI is InChI=1S/C12H18N2O/c1-10(2)6-7-12(15)14-9-11-5-3-4-8-13-11/h3-5,8,10H,6-7,9H2,1-2H3,(H,14,15). The minimum absolute atomic E-state index is 0.106. The highest BCUT2D eigenvalue weighted by molar-refractivity contribution is 5.75. The first-order valence-electron chi connectivity index (χ1n) is 5.35. The lowest BCUT2D eigenvalue weighted by Gasteiger charge is -2.06. The second-order valence-electron chi connectivity index (χ2n) is 4.03. The lowest BCUT2D eigenvalue weighted by Crippen LogP contribution is -2.23. The van der Waals surface area contributed by atoms with Gasteiger partial charge in [-0.3, -0.25) is 9.78 Å². The Bertz CT molecular complexity index is 296. The topological polar surface area (TPSA) is 42.0 Å². The molecule has 0 radical (unpaired) electrons. The van der Waals surface area contributed by atoms with E-state index in [1.807, 2.05) is 18.2 Å². The van der Waals surface area contributed by atoms with E-state index in [1.165, 1.54) is 0 Å². The fraction of sp³-hybridized carbons (Fsp3) is 0.500. The van der Waals surface area contributed by atoms with Crippen molar-refractivity contribution in [3.05, 3.63) is 30.1 Å². The van der Waals surface area contributed by atoms with Crippen molar-refractivity contribution in [2.24, 2.45) is 5.92 Å². The Morgan fingerprint density at radius 3 is 2.87 bits per heavy atom. The van der Waals surface area contributed by atoms with Crippen LogP contribution in [-0.2, 0) is 11.3 Å². The summed E-state index contributed by atoms with van der Waals surface area (Å²) in [6, 6.07) is 5.69. The zero-order valence-corrected chi connectivity index (χ0v) is 9.36. The first-order valence-corrected chi connectivity index (χ1v) is 5.35. The summed E-state index contributed by atoms with van der Waals surface area (Å²) in [5.74, 6) is 0.681. The molecule has 0 aromatic carbocycles. The van der Waals surface area contributed by atoms with Gasteiger partial charge in [0.05, 0.1) is 12.2 Å². The molecule has 0 saturated heterocycles. The predicted molar refractivity (Wildman–Crippen MR) is 60.2 cm³/mol. The Hall–Kier alpha value is -1.38. The van der Waals surface area contributed by atoms with Gasteiger partial charge in [-0.25, -0.2) is 0 Å². The zero-order valence-electron chi connectivity index (χ0n) is 9.36. The van der Waals surface area contributed by atoms with E-state index < -0.39 is 0 Å². The minimum atomic E-state index is 0.106. The number of nitrogens with zero attached hydrogens (tertiary/aromatic N) is 1. The van der Waals surface area contributed by atoms with E-state index in [0.717, 1.165) is 12.1 Å². The molecular weight excluding hydrogens is 188 g/mol. The van der Waals surface area contributed by atoms with Crippen LogP contribution < -0.4 is 5.32 Å². The summed E-state index contributed by atoms with van der Waals surface area (Å²) in [5.41, 5.74) is 0.899. The van der Waals surface area contributed by atoms with E-state index in [4.69, 9.17) is 0 Å². The van der Waals surface area contributed by atoms with E-state index in [0.29, 0.717) is 18.9 Å². The van der Waals surface area contributed by atoms with Crippen LogP contribution in [0.25, 0.3) is 0 Å². The van der Waals surface area contributed by atoms with E-state index in [2.05, 4.69) is 24.1 Å². The van der Waals surface area contributed by atoms with E-state index in [1.54, 1.807) is 6.20 Å². The minimum Gasteiger partial charge on any atom is -0.350 e. The molecule has 0 bridgehead atoms. The molecule has 82 valence electrons. The Kier molecular flexibility index (Phi) is 4.81. The van der Waals surface area contributed by atoms with Crippen molar-refractivity contribution in [1.82, 2.24) is 10.3 Å². The van der Waals surface area contributed by atoms with Crippen LogP contribution in [0.4, 0.5) is 0 Å². The number of carbonyl (C=O) groups is 1. The van der Waals surface area contributed by atoms with Crippen molar-refractivity contribution < 1.29 is 4.79 Å². The third kappa shape index (κ3) is 5.15. The van der Waals surface area contributed by atoms with Gasteiger partial charge in [0.2, 0.25) is 5.91 Å². The average molecular weight is 206 g/mol. The molecule has 1 rings (SSSR count). The monoisotopic (exact) mass is 206 g/mol. The molecule has 1 heterocycles. The number of amides is 1. The first kappa shape index (κ1) is 11.7. The summed E-state index contributed by atoms with van der Waals surface area (Å²) < 4.78 is 0. The highest BCUT2D eigenvalue weighted by Gasteiger charge is 2.02. The molecule has 1 N–H and O–H groups in total. The molecule has 0 aliphatic heterocycles. The fourth-order valence-electron chi connectivity index (χ4n) is 1.20. The van der Waals surface area contributed by atoms with Crippen molar-refractivity contribution in [2.45, 2.75) is 33.2 Å². The Labute approximate surface area is 90.9 Å². The highest BCUT2D eigenvalue weighted by atomic mass is 16.1. The quantitative estimate of drug-likeness (QED) is 0.802. The molecule has 0 unspecified atom stereocenters. The summed E-state index contributed by atoms with van der Waals surface area (Å²) in [6.07, 6.45) is 3.27.